The van der Waals surface area contributed by atoms with Gasteiger partial charge in [0.15, 0.2) is 0 Å². The van der Waals surface area contributed by atoms with Crippen LogP contribution in [0.1, 0.15) is 40.4 Å². The minimum Gasteiger partial charge on any atom is -0.338 e. The lowest BCUT2D eigenvalue weighted by atomic mass is 9.94. The number of aryl methyl sites for hydroxylation is 1. The quantitative estimate of drug-likeness (QED) is 0.779. The number of benzene rings is 1. The summed E-state index contributed by atoms with van der Waals surface area (Å²) in [6.45, 7) is 3.34. The van der Waals surface area contributed by atoms with Gasteiger partial charge in [-0.2, -0.15) is 0 Å². The van der Waals surface area contributed by atoms with Crippen molar-refractivity contribution in [2.75, 3.05) is 13.1 Å². The highest BCUT2D eigenvalue weighted by atomic mass is 16.2. The molecular weight excluding hydrogens is 340 g/mol. The Morgan fingerprint density at radius 2 is 2.04 bits per heavy atom. The van der Waals surface area contributed by atoms with Gasteiger partial charge in [0.1, 0.15) is 0 Å². The number of hydrogen-bond donors (Lipinski definition) is 1. The van der Waals surface area contributed by atoms with E-state index in [0.717, 1.165) is 36.3 Å². The number of rotatable bonds is 3. The van der Waals surface area contributed by atoms with Crippen molar-refractivity contribution in [2.45, 2.75) is 25.7 Å². The molecule has 6 nitrogen and oxygen atoms in total. The molecule has 1 N–H and O–H groups in total. The van der Waals surface area contributed by atoms with E-state index in [1.807, 2.05) is 59.1 Å². The van der Waals surface area contributed by atoms with Crippen LogP contribution in [-0.4, -0.2) is 38.4 Å². The number of nitrogens with one attached hydrogen (secondary N) is 1. The highest BCUT2D eigenvalue weighted by Gasteiger charge is 2.26. The zero-order chi connectivity index (χ0) is 18.8. The van der Waals surface area contributed by atoms with Crippen LogP contribution in [0.2, 0.25) is 0 Å². The van der Waals surface area contributed by atoms with Crippen LogP contribution >= 0.6 is 0 Å². The maximum atomic E-state index is 13.0. The Bertz CT molecular complexity index is 1010. The Hall–Kier alpha value is -3.15. The summed E-state index contributed by atoms with van der Waals surface area (Å²) in [6.07, 6.45) is 7.26. The summed E-state index contributed by atoms with van der Waals surface area (Å²) in [5.41, 5.74) is 3.43. The zero-order valence-electron chi connectivity index (χ0n) is 15.3. The molecule has 3 heterocycles. The lowest BCUT2D eigenvalue weighted by Gasteiger charge is -2.32. The molecule has 6 heteroatoms. The van der Waals surface area contributed by atoms with Gasteiger partial charge >= 0.3 is 0 Å². The van der Waals surface area contributed by atoms with Crippen molar-refractivity contribution < 1.29 is 4.79 Å². The number of amides is 1. The minimum absolute atomic E-state index is 0.0340. The number of carbonyl (C=O) groups is 1. The van der Waals surface area contributed by atoms with Crippen LogP contribution in [0.15, 0.2) is 59.9 Å². The van der Waals surface area contributed by atoms with Gasteiger partial charge in [0.05, 0.1) is 12.0 Å². The third kappa shape index (κ3) is 3.56. The first-order valence-electron chi connectivity index (χ1n) is 9.20. The number of H-pyrrole nitrogens is 1. The second kappa shape index (κ2) is 7.23. The van der Waals surface area contributed by atoms with Crippen molar-refractivity contribution in [3.8, 4) is 5.69 Å². The van der Waals surface area contributed by atoms with E-state index in [1.165, 1.54) is 12.4 Å². The van der Waals surface area contributed by atoms with Gasteiger partial charge in [-0.15, -0.1) is 0 Å². The summed E-state index contributed by atoms with van der Waals surface area (Å²) in [5, 5.41) is 0. The Kier molecular flexibility index (Phi) is 4.62. The molecule has 1 fully saturated rings. The first kappa shape index (κ1) is 17.3. The van der Waals surface area contributed by atoms with E-state index < -0.39 is 0 Å². The monoisotopic (exact) mass is 362 g/mol. The number of aromatic nitrogens is 3. The molecule has 1 amide bonds. The van der Waals surface area contributed by atoms with Crippen LogP contribution in [0.4, 0.5) is 0 Å². The van der Waals surface area contributed by atoms with Crippen molar-refractivity contribution in [1.82, 2.24) is 19.4 Å². The lowest BCUT2D eigenvalue weighted by molar-refractivity contribution is 0.0705. The molecule has 1 unspecified atom stereocenters. The summed E-state index contributed by atoms with van der Waals surface area (Å²) >= 11 is 0. The Labute approximate surface area is 157 Å². The Morgan fingerprint density at radius 3 is 2.78 bits per heavy atom. The Balaban J connectivity index is 1.54. The van der Waals surface area contributed by atoms with Crippen LogP contribution in [0, 0.1) is 6.92 Å². The third-order valence-electron chi connectivity index (χ3n) is 5.15. The number of aromatic amines is 1. The largest absolute Gasteiger partial charge is 0.338 e. The average Bonchev–Trinajstić information content (AvgIpc) is 3.22. The van der Waals surface area contributed by atoms with Gasteiger partial charge in [-0.05, 0) is 55.7 Å². The topological polar surface area (TPSA) is 71.0 Å². The smallest absolute Gasteiger partial charge is 0.253 e. The molecule has 2 aromatic heterocycles. The van der Waals surface area contributed by atoms with E-state index in [2.05, 4.69) is 9.97 Å². The van der Waals surface area contributed by atoms with Gasteiger partial charge in [-0.1, -0.05) is 0 Å². The second-order valence-electron chi connectivity index (χ2n) is 7.02. The molecule has 0 aliphatic carbocycles. The molecule has 138 valence electrons. The molecule has 3 aromatic rings. The average molecular weight is 362 g/mol. The molecule has 27 heavy (non-hydrogen) atoms. The normalized spacial score (nSPS) is 17.1. The molecule has 0 radical (unpaired) electrons. The maximum Gasteiger partial charge on any atom is 0.253 e. The first-order valence-corrected chi connectivity index (χ1v) is 9.20. The minimum atomic E-state index is -0.153. The molecule has 0 bridgehead atoms. The predicted molar refractivity (Wildman–Crippen MR) is 103 cm³/mol. The highest BCUT2D eigenvalue weighted by Crippen LogP contribution is 2.26. The van der Waals surface area contributed by atoms with Crippen LogP contribution in [0.5, 0.6) is 0 Å². The van der Waals surface area contributed by atoms with E-state index in [0.29, 0.717) is 12.1 Å². The van der Waals surface area contributed by atoms with E-state index in [9.17, 15) is 9.59 Å². The number of hydrogen-bond acceptors (Lipinski definition) is 3. The fourth-order valence-corrected chi connectivity index (χ4v) is 3.77. The van der Waals surface area contributed by atoms with Gasteiger partial charge in [0, 0.05) is 48.7 Å². The van der Waals surface area contributed by atoms with Crippen molar-refractivity contribution in [3.05, 3.63) is 82.3 Å². The summed E-state index contributed by atoms with van der Waals surface area (Å²) in [5.74, 6) is 0.136. The third-order valence-corrected chi connectivity index (χ3v) is 5.15. The SMILES string of the molecule is Cc1cc(C(=O)N2CCCC(c3cc(=O)[nH]cn3)C2)ccc1-n1cccc1. The molecule has 1 aromatic carbocycles. The van der Waals surface area contributed by atoms with Crippen LogP contribution in [-0.2, 0) is 0 Å². The molecule has 4 rings (SSSR count). The lowest BCUT2D eigenvalue weighted by Crippen LogP contribution is -2.39. The Morgan fingerprint density at radius 1 is 1.22 bits per heavy atom. The van der Waals surface area contributed by atoms with Crippen molar-refractivity contribution >= 4 is 5.91 Å². The standard InChI is InChI=1S/C21H22N4O2/c1-15-11-16(6-7-19(15)24-8-2-3-9-24)21(27)25-10-4-5-17(13-25)18-12-20(26)23-14-22-18/h2-3,6-9,11-12,14,17H,4-5,10,13H2,1H3,(H,22,23,26). The molecular formula is C21H22N4O2. The van der Waals surface area contributed by atoms with Crippen molar-refractivity contribution in [3.63, 3.8) is 0 Å². The predicted octanol–water partition coefficient (Wildman–Crippen LogP) is 2.89. The highest BCUT2D eigenvalue weighted by molar-refractivity contribution is 5.94. The fourth-order valence-electron chi connectivity index (χ4n) is 3.77. The summed E-state index contributed by atoms with van der Waals surface area (Å²) in [7, 11) is 0. The van der Waals surface area contributed by atoms with Crippen LogP contribution in [0.25, 0.3) is 5.69 Å². The number of likely N-dealkylation sites (tertiary alicyclic amines) is 1. The summed E-state index contributed by atoms with van der Waals surface area (Å²) < 4.78 is 2.04. The molecule has 1 saturated heterocycles. The number of nitrogens with zero attached hydrogens (tertiary/aromatic N) is 3. The fraction of sp³-hybridized carbons (Fsp3) is 0.286. The molecule has 1 aliphatic rings. The van der Waals surface area contributed by atoms with Gasteiger partial charge in [0.2, 0.25) is 0 Å². The van der Waals surface area contributed by atoms with Crippen molar-refractivity contribution in [1.29, 1.82) is 0 Å². The van der Waals surface area contributed by atoms with E-state index >= 15 is 0 Å². The van der Waals surface area contributed by atoms with Gasteiger partial charge < -0.3 is 14.5 Å². The second-order valence-corrected chi connectivity index (χ2v) is 7.02. The van der Waals surface area contributed by atoms with E-state index in [4.69, 9.17) is 0 Å². The molecule has 0 spiro atoms. The van der Waals surface area contributed by atoms with Crippen LogP contribution in [0.3, 0.4) is 0 Å². The number of carbonyl (C=O) groups excluding carboxylic acids is 1. The molecule has 0 saturated carbocycles. The van der Waals surface area contributed by atoms with Crippen molar-refractivity contribution in [2.24, 2.45) is 0 Å². The van der Waals surface area contributed by atoms with Gasteiger partial charge in [-0.25, -0.2) is 4.98 Å². The number of piperidine rings is 1. The van der Waals surface area contributed by atoms with Gasteiger partial charge in [-0.3, -0.25) is 9.59 Å². The van der Waals surface area contributed by atoms with E-state index in [-0.39, 0.29) is 17.4 Å². The molecule has 1 atom stereocenters. The first-order chi connectivity index (χ1) is 13.1. The maximum absolute atomic E-state index is 13.0. The summed E-state index contributed by atoms with van der Waals surface area (Å²) in [6, 6.07) is 11.3. The van der Waals surface area contributed by atoms with Gasteiger partial charge in [0.25, 0.3) is 11.5 Å². The molecule has 1 aliphatic heterocycles. The van der Waals surface area contributed by atoms with Crippen LogP contribution < -0.4 is 5.56 Å². The summed E-state index contributed by atoms with van der Waals surface area (Å²) in [4.78, 5) is 33.3. The van der Waals surface area contributed by atoms with E-state index in [1.54, 1.807) is 0 Å². The zero-order valence-corrected chi connectivity index (χ0v) is 15.3.